The molecule has 3 N–H and O–H groups in total. The summed E-state index contributed by atoms with van der Waals surface area (Å²) in [6.07, 6.45) is 2.68. The number of aliphatic hydroxyl groups is 1. The highest BCUT2D eigenvalue weighted by atomic mass is 127. The normalized spacial score (nSPS) is 19.9. The van der Waals surface area contributed by atoms with Crippen LogP contribution in [0.5, 0.6) is 0 Å². The lowest BCUT2D eigenvalue weighted by Crippen LogP contribution is -2.47. The summed E-state index contributed by atoms with van der Waals surface area (Å²) >= 11 is 1.79. The van der Waals surface area contributed by atoms with Gasteiger partial charge in [-0.3, -0.25) is 4.99 Å². The van der Waals surface area contributed by atoms with Gasteiger partial charge in [-0.2, -0.15) is 11.8 Å². The van der Waals surface area contributed by atoms with Gasteiger partial charge in [0.1, 0.15) is 5.82 Å². The Bertz CT molecular complexity index is 715. The van der Waals surface area contributed by atoms with Crippen molar-refractivity contribution in [2.75, 3.05) is 32.1 Å². The average Bonchev–Trinajstić information content (AvgIpc) is 3.26. The topological polar surface area (TPSA) is 76.5 Å². The molecule has 1 aliphatic rings. The van der Waals surface area contributed by atoms with Crippen LogP contribution >= 0.6 is 35.7 Å². The fraction of sp³-hybridized carbons (Fsp3) is 0.444. The molecular formula is C18H26IN5OS. The Morgan fingerprint density at radius 1 is 1.42 bits per heavy atom. The lowest BCUT2D eigenvalue weighted by atomic mass is 10.0. The van der Waals surface area contributed by atoms with Crippen LogP contribution in [0.2, 0.25) is 0 Å². The lowest BCUT2D eigenvalue weighted by molar-refractivity contribution is 0.0718. The van der Waals surface area contributed by atoms with E-state index in [0.717, 1.165) is 41.0 Å². The van der Waals surface area contributed by atoms with Crippen molar-refractivity contribution in [3.05, 3.63) is 42.4 Å². The van der Waals surface area contributed by atoms with E-state index in [2.05, 4.69) is 32.4 Å². The molecule has 1 aliphatic heterocycles. The number of nitrogens with zero attached hydrogens (tertiary/aromatic N) is 3. The van der Waals surface area contributed by atoms with Crippen molar-refractivity contribution < 1.29 is 5.11 Å². The molecule has 142 valence electrons. The molecule has 3 rings (SSSR count). The Balaban J connectivity index is 0.00000243. The number of nitrogens with one attached hydrogen (secondary N) is 2. The molecule has 1 unspecified atom stereocenters. The molecular weight excluding hydrogens is 461 g/mol. The van der Waals surface area contributed by atoms with Crippen LogP contribution in [0, 0.1) is 0 Å². The predicted octanol–water partition coefficient (Wildman–Crippen LogP) is 2.57. The van der Waals surface area contributed by atoms with Crippen molar-refractivity contribution in [1.82, 2.24) is 20.2 Å². The van der Waals surface area contributed by atoms with Gasteiger partial charge < -0.3 is 20.3 Å². The summed E-state index contributed by atoms with van der Waals surface area (Å²) in [5, 5.41) is 13.7. The van der Waals surface area contributed by atoms with Gasteiger partial charge in [-0.25, -0.2) is 4.98 Å². The Hall–Kier alpha value is -1.26. The Morgan fingerprint density at radius 3 is 2.85 bits per heavy atom. The number of H-pyrrole nitrogens is 1. The van der Waals surface area contributed by atoms with Crippen molar-refractivity contribution in [2.45, 2.75) is 18.6 Å². The van der Waals surface area contributed by atoms with Crippen LogP contribution in [0.4, 0.5) is 0 Å². The molecule has 0 radical (unpaired) electrons. The van der Waals surface area contributed by atoms with E-state index in [1.54, 1.807) is 18.8 Å². The van der Waals surface area contributed by atoms with Gasteiger partial charge in [0.25, 0.3) is 0 Å². The number of aliphatic imine (C=N–C) groups is 1. The smallest absolute Gasteiger partial charge is 0.193 e. The summed E-state index contributed by atoms with van der Waals surface area (Å²) in [6.45, 7) is 1.13. The number of hydrogen-bond acceptors (Lipinski definition) is 4. The fourth-order valence-electron chi connectivity index (χ4n) is 2.87. The molecule has 1 atom stereocenters. The first-order chi connectivity index (χ1) is 12.1. The molecule has 0 spiro atoms. The molecule has 6 nitrogen and oxygen atoms in total. The van der Waals surface area contributed by atoms with E-state index >= 15 is 0 Å². The first-order valence-electron chi connectivity index (χ1n) is 8.41. The van der Waals surface area contributed by atoms with Crippen LogP contribution < -0.4 is 5.32 Å². The number of benzene rings is 1. The molecule has 1 aromatic carbocycles. The van der Waals surface area contributed by atoms with E-state index in [4.69, 9.17) is 0 Å². The zero-order valence-electron chi connectivity index (χ0n) is 15.1. The van der Waals surface area contributed by atoms with E-state index in [9.17, 15) is 5.11 Å². The van der Waals surface area contributed by atoms with Gasteiger partial charge in [0, 0.05) is 26.4 Å². The largest absolute Gasteiger partial charge is 0.387 e. The van der Waals surface area contributed by atoms with Crippen LogP contribution in [-0.2, 0) is 6.54 Å². The second-order valence-corrected chi connectivity index (χ2v) is 7.50. The van der Waals surface area contributed by atoms with E-state index in [1.165, 1.54) is 0 Å². The number of guanidine groups is 1. The van der Waals surface area contributed by atoms with Gasteiger partial charge in [0.2, 0.25) is 0 Å². The lowest BCUT2D eigenvalue weighted by Gasteiger charge is -2.26. The van der Waals surface area contributed by atoms with Crippen LogP contribution in [0.3, 0.4) is 0 Å². The maximum Gasteiger partial charge on any atom is 0.193 e. The molecule has 8 heteroatoms. The number of hydrogen-bond donors (Lipinski definition) is 3. The minimum Gasteiger partial charge on any atom is -0.387 e. The minimum absolute atomic E-state index is 0. The molecule has 2 heterocycles. The third kappa shape index (κ3) is 5.37. The van der Waals surface area contributed by atoms with Crippen molar-refractivity contribution in [3.8, 4) is 11.3 Å². The van der Waals surface area contributed by atoms with Gasteiger partial charge >= 0.3 is 0 Å². The predicted molar refractivity (Wildman–Crippen MR) is 119 cm³/mol. The molecule has 26 heavy (non-hydrogen) atoms. The molecule has 0 saturated carbocycles. The van der Waals surface area contributed by atoms with Crippen molar-refractivity contribution in [1.29, 1.82) is 0 Å². The molecule has 1 aromatic heterocycles. The van der Waals surface area contributed by atoms with Crippen LogP contribution in [0.25, 0.3) is 11.3 Å². The van der Waals surface area contributed by atoms with Crippen LogP contribution in [0.15, 0.2) is 41.5 Å². The summed E-state index contributed by atoms with van der Waals surface area (Å²) in [7, 11) is 3.72. The van der Waals surface area contributed by atoms with Gasteiger partial charge in [0.15, 0.2) is 5.96 Å². The Labute approximate surface area is 175 Å². The van der Waals surface area contributed by atoms with Crippen LogP contribution in [0.1, 0.15) is 12.2 Å². The summed E-state index contributed by atoms with van der Waals surface area (Å²) in [5.41, 5.74) is 1.49. The van der Waals surface area contributed by atoms with Crippen LogP contribution in [-0.4, -0.2) is 63.7 Å². The van der Waals surface area contributed by atoms with Crippen molar-refractivity contribution in [3.63, 3.8) is 0 Å². The number of thioether (sulfide) groups is 1. The molecule has 0 amide bonds. The maximum atomic E-state index is 10.5. The van der Waals surface area contributed by atoms with Crippen molar-refractivity contribution in [2.24, 2.45) is 4.99 Å². The standard InChI is InChI=1S/C18H25N5OS.HI/c1-19-17(21-12-18(24)8-9-25-13-18)23(2)11-16-20-10-15(22-16)14-6-4-3-5-7-14;/h3-7,10,24H,8-9,11-13H2,1-2H3,(H,19,21)(H,20,22);1H. The summed E-state index contributed by atoms with van der Waals surface area (Å²) in [4.78, 5) is 14.1. The summed E-state index contributed by atoms with van der Waals surface area (Å²) in [6, 6.07) is 10.1. The molecule has 0 bridgehead atoms. The first kappa shape index (κ1) is 21.0. The van der Waals surface area contributed by atoms with Gasteiger partial charge in [0.05, 0.1) is 24.0 Å². The Morgan fingerprint density at radius 2 is 2.19 bits per heavy atom. The SMILES string of the molecule is CN=C(NCC1(O)CCSC1)N(C)Cc1ncc(-c2ccccc2)[nH]1.I. The second-order valence-electron chi connectivity index (χ2n) is 6.39. The zero-order chi connectivity index (χ0) is 17.7. The number of halogens is 1. The maximum absolute atomic E-state index is 10.5. The zero-order valence-corrected chi connectivity index (χ0v) is 18.3. The second kappa shape index (κ2) is 9.61. The number of rotatable bonds is 5. The number of aromatic amines is 1. The summed E-state index contributed by atoms with van der Waals surface area (Å²) in [5.74, 6) is 3.42. The molecule has 0 aliphatic carbocycles. The van der Waals surface area contributed by atoms with Crippen molar-refractivity contribution >= 4 is 41.7 Å². The number of imidazole rings is 1. The van der Waals surface area contributed by atoms with E-state index in [-0.39, 0.29) is 24.0 Å². The highest BCUT2D eigenvalue weighted by molar-refractivity contribution is 14.0. The van der Waals surface area contributed by atoms with Gasteiger partial charge in [-0.15, -0.1) is 24.0 Å². The Kier molecular flexibility index (Phi) is 7.78. The highest BCUT2D eigenvalue weighted by Gasteiger charge is 2.31. The summed E-state index contributed by atoms with van der Waals surface area (Å²) < 4.78 is 0. The van der Waals surface area contributed by atoms with E-state index < -0.39 is 5.60 Å². The average molecular weight is 487 g/mol. The minimum atomic E-state index is -0.632. The molecule has 1 fully saturated rings. The monoisotopic (exact) mass is 487 g/mol. The van der Waals surface area contributed by atoms with E-state index in [0.29, 0.717) is 13.1 Å². The molecule has 2 aromatic rings. The quantitative estimate of drug-likeness (QED) is 0.344. The van der Waals surface area contributed by atoms with E-state index in [1.807, 2.05) is 36.3 Å². The first-order valence-corrected chi connectivity index (χ1v) is 9.56. The highest BCUT2D eigenvalue weighted by Crippen LogP contribution is 2.27. The third-order valence-electron chi connectivity index (χ3n) is 4.33. The van der Waals surface area contributed by atoms with Gasteiger partial charge in [-0.05, 0) is 17.7 Å². The number of aromatic nitrogens is 2. The molecule has 1 saturated heterocycles. The van der Waals surface area contributed by atoms with Gasteiger partial charge in [-0.1, -0.05) is 30.3 Å². The third-order valence-corrected chi connectivity index (χ3v) is 5.57. The fourth-order valence-corrected chi connectivity index (χ4v) is 4.17.